The van der Waals surface area contributed by atoms with Gasteiger partial charge in [0.25, 0.3) is 0 Å². The zero-order chi connectivity index (χ0) is 17.6. The Bertz CT molecular complexity index is 490. The van der Waals surface area contributed by atoms with Gasteiger partial charge in [-0.15, -0.1) is 0 Å². The standard InChI is InChI=1S/C16H29BN2O5/c1-15(2)16(3,4)24-17(23-15)14-12-18-19(13-14)6-7-21-10-11-22-9-8-20-5/h12-13H,6-11H2,1-5H3. The molecular weight excluding hydrogens is 311 g/mol. The van der Waals surface area contributed by atoms with E-state index in [2.05, 4.69) is 5.10 Å². The van der Waals surface area contributed by atoms with Gasteiger partial charge in [-0.25, -0.2) is 0 Å². The van der Waals surface area contributed by atoms with E-state index < -0.39 is 0 Å². The lowest BCUT2D eigenvalue weighted by Crippen LogP contribution is -2.41. The fourth-order valence-corrected chi connectivity index (χ4v) is 2.23. The topological polar surface area (TPSA) is 64.0 Å². The van der Waals surface area contributed by atoms with E-state index in [4.69, 9.17) is 23.5 Å². The molecule has 0 spiro atoms. The molecule has 0 radical (unpaired) electrons. The molecule has 136 valence electrons. The molecule has 1 aliphatic rings. The van der Waals surface area contributed by atoms with Crippen molar-refractivity contribution in [1.29, 1.82) is 0 Å². The predicted molar refractivity (Wildman–Crippen MR) is 91.5 cm³/mol. The summed E-state index contributed by atoms with van der Waals surface area (Å²) in [6.07, 6.45) is 3.73. The average molecular weight is 340 g/mol. The second kappa shape index (κ2) is 8.44. The lowest BCUT2D eigenvalue weighted by atomic mass is 9.82. The number of hydrogen-bond acceptors (Lipinski definition) is 6. The summed E-state index contributed by atoms with van der Waals surface area (Å²) in [4.78, 5) is 0. The highest BCUT2D eigenvalue weighted by Gasteiger charge is 2.52. The van der Waals surface area contributed by atoms with Crippen molar-refractivity contribution < 1.29 is 23.5 Å². The molecule has 8 heteroatoms. The molecule has 0 bridgehead atoms. The van der Waals surface area contributed by atoms with Gasteiger partial charge in [-0.1, -0.05) is 0 Å². The normalized spacial score (nSPS) is 19.1. The van der Waals surface area contributed by atoms with Crippen LogP contribution in [0.5, 0.6) is 0 Å². The number of nitrogens with zero attached hydrogens (tertiary/aromatic N) is 2. The summed E-state index contributed by atoms with van der Waals surface area (Å²) in [6.45, 7) is 11.8. The van der Waals surface area contributed by atoms with Crippen molar-refractivity contribution in [2.45, 2.75) is 45.4 Å². The molecule has 1 saturated heterocycles. The first-order valence-corrected chi connectivity index (χ1v) is 8.38. The number of aromatic nitrogens is 2. The summed E-state index contributed by atoms with van der Waals surface area (Å²) < 4.78 is 29.6. The molecule has 0 aromatic carbocycles. The van der Waals surface area contributed by atoms with Crippen LogP contribution in [0.25, 0.3) is 0 Å². The molecule has 1 aromatic heterocycles. The third-order valence-corrected chi connectivity index (χ3v) is 4.45. The highest BCUT2D eigenvalue weighted by atomic mass is 16.7. The summed E-state index contributed by atoms with van der Waals surface area (Å²) in [5, 5.41) is 4.34. The third-order valence-electron chi connectivity index (χ3n) is 4.45. The van der Waals surface area contributed by atoms with Crippen LogP contribution in [-0.2, 0) is 30.1 Å². The lowest BCUT2D eigenvalue weighted by Gasteiger charge is -2.32. The monoisotopic (exact) mass is 340 g/mol. The van der Waals surface area contributed by atoms with Crippen LogP contribution in [0.4, 0.5) is 0 Å². The number of rotatable bonds is 10. The Balaban J connectivity index is 1.69. The van der Waals surface area contributed by atoms with Crippen LogP contribution in [0, 0.1) is 0 Å². The summed E-state index contributed by atoms with van der Waals surface area (Å²) in [6, 6.07) is 0. The Labute approximate surface area is 144 Å². The highest BCUT2D eigenvalue weighted by molar-refractivity contribution is 6.61. The predicted octanol–water partition coefficient (Wildman–Crippen LogP) is 0.862. The van der Waals surface area contributed by atoms with Gasteiger partial charge in [0.1, 0.15) is 0 Å². The van der Waals surface area contributed by atoms with Gasteiger partial charge in [-0.2, -0.15) is 5.10 Å². The Morgan fingerprint density at radius 1 is 1.00 bits per heavy atom. The third kappa shape index (κ3) is 5.03. The van der Waals surface area contributed by atoms with E-state index in [1.807, 2.05) is 38.6 Å². The minimum atomic E-state index is -0.376. The van der Waals surface area contributed by atoms with Crippen molar-refractivity contribution in [3.63, 3.8) is 0 Å². The fourth-order valence-electron chi connectivity index (χ4n) is 2.23. The molecule has 0 amide bonds. The van der Waals surface area contributed by atoms with E-state index in [0.29, 0.717) is 39.6 Å². The minimum Gasteiger partial charge on any atom is -0.399 e. The van der Waals surface area contributed by atoms with E-state index in [9.17, 15) is 0 Å². The Hall–Kier alpha value is -0.925. The molecule has 2 rings (SSSR count). The summed E-state index contributed by atoms with van der Waals surface area (Å²) >= 11 is 0. The number of hydrogen-bond donors (Lipinski definition) is 0. The molecule has 1 aliphatic heterocycles. The zero-order valence-electron chi connectivity index (χ0n) is 15.4. The van der Waals surface area contributed by atoms with E-state index in [-0.39, 0.29) is 18.3 Å². The van der Waals surface area contributed by atoms with Gasteiger partial charge in [0.05, 0.1) is 50.8 Å². The van der Waals surface area contributed by atoms with Crippen molar-refractivity contribution in [1.82, 2.24) is 9.78 Å². The molecule has 1 aromatic rings. The van der Waals surface area contributed by atoms with Gasteiger partial charge in [-0.3, -0.25) is 4.68 Å². The first-order valence-electron chi connectivity index (χ1n) is 8.38. The van der Waals surface area contributed by atoms with E-state index in [1.165, 1.54) is 0 Å². The van der Waals surface area contributed by atoms with Gasteiger partial charge in [0.15, 0.2) is 0 Å². The van der Waals surface area contributed by atoms with Crippen LogP contribution >= 0.6 is 0 Å². The maximum atomic E-state index is 6.02. The maximum absolute atomic E-state index is 6.02. The zero-order valence-corrected chi connectivity index (χ0v) is 15.4. The Morgan fingerprint density at radius 2 is 1.58 bits per heavy atom. The quantitative estimate of drug-likeness (QED) is 0.465. The van der Waals surface area contributed by atoms with Crippen LogP contribution in [0.1, 0.15) is 27.7 Å². The average Bonchev–Trinajstić information content (AvgIpc) is 3.05. The molecule has 0 saturated carbocycles. The van der Waals surface area contributed by atoms with E-state index in [1.54, 1.807) is 13.3 Å². The summed E-state index contributed by atoms with van der Waals surface area (Å²) in [5.74, 6) is 0. The lowest BCUT2D eigenvalue weighted by molar-refractivity contribution is 0.00578. The summed E-state index contributed by atoms with van der Waals surface area (Å²) in [5.41, 5.74) is 0.244. The van der Waals surface area contributed by atoms with Crippen molar-refractivity contribution in [2.24, 2.45) is 0 Å². The SMILES string of the molecule is COCCOCCOCCn1cc(B2OC(C)(C)C(C)(C)O2)cn1. The van der Waals surface area contributed by atoms with Crippen molar-refractivity contribution in [2.75, 3.05) is 40.1 Å². The van der Waals surface area contributed by atoms with Crippen LogP contribution in [0.3, 0.4) is 0 Å². The minimum absolute atomic E-state index is 0.342. The summed E-state index contributed by atoms with van der Waals surface area (Å²) in [7, 11) is 1.28. The van der Waals surface area contributed by atoms with Crippen LogP contribution in [0.15, 0.2) is 12.4 Å². The van der Waals surface area contributed by atoms with E-state index in [0.717, 1.165) is 5.46 Å². The van der Waals surface area contributed by atoms with Crippen LogP contribution in [0.2, 0.25) is 0 Å². The largest absolute Gasteiger partial charge is 0.498 e. The van der Waals surface area contributed by atoms with Gasteiger partial charge in [-0.05, 0) is 27.7 Å². The molecule has 0 unspecified atom stereocenters. The molecule has 24 heavy (non-hydrogen) atoms. The first-order chi connectivity index (χ1) is 11.4. The van der Waals surface area contributed by atoms with Crippen molar-refractivity contribution in [3.05, 3.63) is 12.4 Å². The second-order valence-electron chi connectivity index (χ2n) is 6.84. The molecule has 1 fully saturated rings. The van der Waals surface area contributed by atoms with Gasteiger partial charge < -0.3 is 23.5 Å². The highest BCUT2D eigenvalue weighted by Crippen LogP contribution is 2.36. The molecular formula is C16H29BN2O5. The Morgan fingerprint density at radius 3 is 2.21 bits per heavy atom. The van der Waals surface area contributed by atoms with Gasteiger partial charge in [0.2, 0.25) is 0 Å². The van der Waals surface area contributed by atoms with E-state index >= 15 is 0 Å². The second-order valence-corrected chi connectivity index (χ2v) is 6.84. The van der Waals surface area contributed by atoms with Crippen LogP contribution < -0.4 is 5.46 Å². The van der Waals surface area contributed by atoms with Gasteiger partial charge in [0, 0.05) is 25.0 Å². The first kappa shape index (κ1) is 19.4. The Kier molecular flexibility index (Phi) is 6.83. The number of methoxy groups -OCH3 is 1. The fraction of sp³-hybridized carbons (Fsp3) is 0.812. The molecule has 0 atom stereocenters. The smallest absolute Gasteiger partial charge is 0.399 e. The molecule has 0 N–H and O–H groups in total. The molecule has 2 heterocycles. The van der Waals surface area contributed by atoms with Gasteiger partial charge >= 0.3 is 7.12 Å². The number of ether oxygens (including phenoxy) is 3. The molecule has 7 nitrogen and oxygen atoms in total. The van der Waals surface area contributed by atoms with Crippen LogP contribution in [-0.4, -0.2) is 68.2 Å². The van der Waals surface area contributed by atoms with Crippen molar-refractivity contribution >= 4 is 12.6 Å². The maximum Gasteiger partial charge on any atom is 0.498 e. The molecule has 0 aliphatic carbocycles. The van der Waals surface area contributed by atoms with Crippen molar-refractivity contribution in [3.8, 4) is 0 Å².